The maximum absolute atomic E-state index is 12.7. The van der Waals surface area contributed by atoms with Crippen molar-refractivity contribution in [1.29, 1.82) is 5.26 Å². The highest BCUT2D eigenvalue weighted by molar-refractivity contribution is 5.53. The highest BCUT2D eigenvalue weighted by Crippen LogP contribution is 2.33. The van der Waals surface area contributed by atoms with Gasteiger partial charge in [-0.15, -0.1) is 0 Å². The largest absolute Gasteiger partial charge is 0.417 e. The van der Waals surface area contributed by atoms with Crippen molar-refractivity contribution in [1.82, 2.24) is 0 Å². The Kier molecular flexibility index (Phi) is 3.91. The van der Waals surface area contributed by atoms with Crippen LogP contribution in [-0.4, -0.2) is 18.8 Å². The monoisotopic (exact) mass is 284 g/mol. The van der Waals surface area contributed by atoms with Crippen molar-refractivity contribution in [3.63, 3.8) is 0 Å². The molecule has 1 aromatic rings. The molecule has 1 aromatic carbocycles. The first-order chi connectivity index (χ1) is 9.34. The van der Waals surface area contributed by atoms with Gasteiger partial charge in [-0.1, -0.05) is 0 Å². The maximum Gasteiger partial charge on any atom is 0.417 e. The summed E-state index contributed by atoms with van der Waals surface area (Å²) in [7, 11) is 0. The lowest BCUT2D eigenvalue weighted by Crippen LogP contribution is -2.32. The van der Waals surface area contributed by atoms with Crippen LogP contribution in [0.5, 0.6) is 0 Å². The average molecular weight is 284 g/mol. The van der Waals surface area contributed by atoms with E-state index in [9.17, 15) is 13.2 Å². The Morgan fingerprint density at radius 2 is 2.20 bits per heavy atom. The van der Waals surface area contributed by atoms with Crippen molar-refractivity contribution < 1.29 is 17.9 Å². The van der Waals surface area contributed by atoms with E-state index in [1.54, 1.807) is 6.07 Å². The molecule has 0 radical (unpaired) electrons. The molecule has 0 spiro atoms. The molecule has 1 aliphatic rings. The summed E-state index contributed by atoms with van der Waals surface area (Å²) in [6.07, 6.45) is -2.62. The third-order valence-corrected chi connectivity index (χ3v) is 3.41. The van der Waals surface area contributed by atoms with Crippen molar-refractivity contribution in [3.05, 3.63) is 29.3 Å². The van der Waals surface area contributed by atoms with Crippen LogP contribution in [-0.2, 0) is 10.9 Å². The van der Waals surface area contributed by atoms with Crippen molar-refractivity contribution in [3.8, 4) is 6.07 Å². The third-order valence-electron chi connectivity index (χ3n) is 3.41. The highest BCUT2D eigenvalue weighted by Gasteiger charge is 2.34. The molecule has 0 aromatic heterocycles. The summed E-state index contributed by atoms with van der Waals surface area (Å²) in [5.74, 6) is 0. The summed E-state index contributed by atoms with van der Waals surface area (Å²) >= 11 is 0. The van der Waals surface area contributed by atoms with Gasteiger partial charge >= 0.3 is 6.18 Å². The number of ether oxygens (including phenoxy) is 1. The van der Waals surface area contributed by atoms with Crippen LogP contribution in [0.4, 0.5) is 18.9 Å². The van der Waals surface area contributed by atoms with Crippen LogP contribution < -0.4 is 5.32 Å². The van der Waals surface area contributed by atoms with E-state index in [0.717, 1.165) is 18.9 Å². The zero-order chi connectivity index (χ0) is 14.8. The maximum atomic E-state index is 12.7. The lowest BCUT2D eigenvalue weighted by molar-refractivity contribution is -0.137. The van der Waals surface area contributed by atoms with Crippen molar-refractivity contribution >= 4 is 5.69 Å². The lowest BCUT2D eigenvalue weighted by Gasteiger charge is -2.24. The first-order valence-corrected chi connectivity index (χ1v) is 6.33. The van der Waals surface area contributed by atoms with Gasteiger partial charge in [0.2, 0.25) is 0 Å². The van der Waals surface area contributed by atoms with E-state index in [1.807, 2.05) is 6.92 Å². The molecule has 3 nitrogen and oxygen atoms in total. The minimum absolute atomic E-state index is 0.296. The second kappa shape index (κ2) is 5.33. The average Bonchev–Trinajstić information content (AvgIpc) is 2.82. The van der Waals surface area contributed by atoms with Gasteiger partial charge in [-0.05, 0) is 38.0 Å². The van der Waals surface area contributed by atoms with Crippen LogP contribution >= 0.6 is 0 Å². The highest BCUT2D eigenvalue weighted by atomic mass is 19.4. The van der Waals surface area contributed by atoms with Gasteiger partial charge in [0.1, 0.15) is 0 Å². The molecular weight excluding hydrogens is 269 g/mol. The Hall–Kier alpha value is -1.74. The molecule has 1 atom stereocenters. The number of rotatable bonds is 3. The molecule has 20 heavy (non-hydrogen) atoms. The van der Waals surface area contributed by atoms with E-state index in [1.165, 1.54) is 12.1 Å². The van der Waals surface area contributed by atoms with Crippen molar-refractivity contribution in [2.75, 3.05) is 18.5 Å². The Morgan fingerprint density at radius 3 is 2.75 bits per heavy atom. The zero-order valence-electron chi connectivity index (χ0n) is 11.0. The van der Waals surface area contributed by atoms with Crippen LogP contribution in [0.15, 0.2) is 18.2 Å². The zero-order valence-corrected chi connectivity index (χ0v) is 11.0. The van der Waals surface area contributed by atoms with E-state index in [-0.39, 0.29) is 11.2 Å². The molecule has 0 saturated carbocycles. The number of anilines is 1. The molecule has 1 fully saturated rings. The van der Waals surface area contributed by atoms with Gasteiger partial charge in [-0.25, -0.2) is 0 Å². The SMILES string of the molecule is CC1(CNc2ccc(C(F)(F)F)c(C#N)c2)CCCO1. The molecule has 0 aliphatic carbocycles. The number of nitriles is 1. The van der Waals surface area contributed by atoms with Gasteiger partial charge in [-0.2, -0.15) is 18.4 Å². The summed E-state index contributed by atoms with van der Waals surface area (Å²) in [5, 5.41) is 11.9. The van der Waals surface area contributed by atoms with Gasteiger partial charge in [0, 0.05) is 18.8 Å². The van der Waals surface area contributed by atoms with Crippen LogP contribution in [0.3, 0.4) is 0 Å². The van der Waals surface area contributed by atoms with E-state index in [0.29, 0.717) is 18.8 Å². The predicted octanol–water partition coefficient (Wildman–Crippen LogP) is 3.56. The van der Waals surface area contributed by atoms with Crippen molar-refractivity contribution in [2.24, 2.45) is 0 Å². The minimum Gasteiger partial charge on any atom is -0.382 e. The Morgan fingerprint density at radius 1 is 1.45 bits per heavy atom. The van der Waals surface area contributed by atoms with Gasteiger partial charge in [0.25, 0.3) is 0 Å². The fraction of sp³-hybridized carbons (Fsp3) is 0.500. The van der Waals surface area contributed by atoms with E-state index in [2.05, 4.69) is 5.32 Å². The fourth-order valence-corrected chi connectivity index (χ4v) is 2.26. The number of halogens is 3. The predicted molar refractivity (Wildman–Crippen MR) is 68.2 cm³/mol. The summed E-state index contributed by atoms with van der Waals surface area (Å²) in [5.41, 5.74) is -1.09. The second-order valence-corrected chi connectivity index (χ2v) is 5.13. The van der Waals surface area contributed by atoms with E-state index in [4.69, 9.17) is 10.00 Å². The standard InChI is InChI=1S/C14H15F3N2O/c1-13(5-2-6-20-13)9-19-11-3-4-12(14(15,16)17)10(7-11)8-18/h3-4,7,19H,2,5-6,9H2,1H3. The molecule has 1 N–H and O–H groups in total. The van der Waals surface area contributed by atoms with Gasteiger partial charge in [0.15, 0.2) is 0 Å². The topological polar surface area (TPSA) is 45.0 Å². The molecule has 1 saturated heterocycles. The number of nitrogens with one attached hydrogen (secondary N) is 1. The Labute approximate surface area is 115 Å². The van der Waals surface area contributed by atoms with Crippen LogP contribution in [0.1, 0.15) is 30.9 Å². The first kappa shape index (κ1) is 14.7. The fourth-order valence-electron chi connectivity index (χ4n) is 2.26. The summed E-state index contributed by atoms with van der Waals surface area (Å²) in [6, 6.07) is 5.08. The summed E-state index contributed by atoms with van der Waals surface area (Å²) in [4.78, 5) is 0. The minimum atomic E-state index is -4.51. The number of hydrogen-bond acceptors (Lipinski definition) is 3. The normalized spacial score (nSPS) is 22.6. The number of hydrogen-bond donors (Lipinski definition) is 1. The molecule has 0 amide bonds. The van der Waals surface area contributed by atoms with E-state index < -0.39 is 11.7 Å². The van der Waals surface area contributed by atoms with Crippen LogP contribution in [0.2, 0.25) is 0 Å². The van der Waals surface area contributed by atoms with Gasteiger partial charge in [-0.3, -0.25) is 0 Å². The van der Waals surface area contributed by atoms with E-state index >= 15 is 0 Å². The second-order valence-electron chi connectivity index (χ2n) is 5.13. The molecule has 1 heterocycles. The summed E-state index contributed by atoms with van der Waals surface area (Å²) < 4.78 is 43.6. The smallest absolute Gasteiger partial charge is 0.382 e. The number of benzene rings is 1. The number of nitrogens with zero attached hydrogens (tertiary/aromatic N) is 1. The number of alkyl halides is 3. The molecule has 1 unspecified atom stereocenters. The van der Waals surface area contributed by atoms with Crippen molar-refractivity contribution in [2.45, 2.75) is 31.5 Å². The Bertz CT molecular complexity index is 528. The quantitative estimate of drug-likeness (QED) is 0.923. The lowest BCUT2D eigenvalue weighted by atomic mass is 10.0. The molecule has 1 aliphatic heterocycles. The summed E-state index contributed by atoms with van der Waals surface area (Å²) in [6.45, 7) is 3.17. The Balaban J connectivity index is 2.12. The molecule has 0 bridgehead atoms. The molecule has 2 rings (SSSR count). The van der Waals surface area contributed by atoms with Crippen LogP contribution in [0, 0.1) is 11.3 Å². The van der Waals surface area contributed by atoms with Crippen LogP contribution in [0.25, 0.3) is 0 Å². The van der Waals surface area contributed by atoms with Gasteiger partial charge in [0.05, 0.1) is 22.8 Å². The molecule has 108 valence electrons. The molecular formula is C14H15F3N2O. The first-order valence-electron chi connectivity index (χ1n) is 6.33. The third kappa shape index (κ3) is 3.23. The van der Waals surface area contributed by atoms with Gasteiger partial charge < -0.3 is 10.1 Å². The molecule has 6 heteroatoms.